The Balaban J connectivity index is 1.54. The zero-order chi connectivity index (χ0) is 22.8. The fourth-order valence-corrected chi connectivity index (χ4v) is 6.03. The monoisotopic (exact) mass is 661 g/mol. The van der Waals surface area contributed by atoms with Gasteiger partial charge in [0.15, 0.2) is 0 Å². The van der Waals surface area contributed by atoms with Crippen molar-refractivity contribution >= 4 is 88.8 Å². The Bertz CT molecular complexity index is 1760. The Morgan fingerprint density at radius 3 is 1.38 bits per heavy atom. The average molecular weight is 661 g/mol. The van der Waals surface area contributed by atoms with Gasteiger partial charge < -0.3 is 0 Å². The van der Waals surface area contributed by atoms with Gasteiger partial charge in [0.2, 0.25) is 0 Å². The molecule has 0 radical (unpaired) electrons. The zero-order valence-corrected chi connectivity index (χ0v) is 22.2. The molecule has 0 aliphatic heterocycles. The van der Waals surface area contributed by atoms with E-state index in [-0.39, 0.29) is 0 Å². The first-order chi connectivity index (χ1) is 16.7. The SMILES string of the molecule is Ic1ccc2c(c1)c1ccccc1n2-c1cccc(-n2c3ccccc3c3cc(I)ccc32)n1. The lowest BCUT2D eigenvalue weighted by Crippen LogP contribution is -2.03. The van der Waals surface area contributed by atoms with E-state index in [9.17, 15) is 0 Å². The van der Waals surface area contributed by atoms with Crippen LogP contribution in [-0.2, 0) is 0 Å². The summed E-state index contributed by atoms with van der Waals surface area (Å²) < 4.78 is 7.02. The average Bonchev–Trinajstić information content (AvgIpc) is 3.36. The largest absolute Gasteiger partial charge is 0.294 e. The summed E-state index contributed by atoms with van der Waals surface area (Å²) >= 11 is 4.77. The van der Waals surface area contributed by atoms with E-state index >= 15 is 0 Å². The summed E-state index contributed by atoms with van der Waals surface area (Å²) in [6.45, 7) is 0. The summed E-state index contributed by atoms with van der Waals surface area (Å²) in [7, 11) is 0. The first-order valence-corrected chi connectivity index (χ1v) is 13.2. The van der Waals surface area contributed by atoms with E-state index in [0.29, 0.717) is 0 Å². The number of pyridine rings is 1. The van der Waals surface area contributed by atoms with Gasteiger partial charge in [-0.2, -0.15) is 0 Å². The van der Waals surface area contributed by atoms with Crippen LogP contribution in [0, 0.1) is 7.14 Å². The molecule has 7 aromatic rings. The van der Waals surface area contributed by atoms with Crippen LogP contribution in [0.5, 0.6) is 0 Å². The second kappa shape index (κ2) is 7.81. The van der Waals surface area contributed by atoms with Crippen LogP contribution >= 0.6 is 45.2 Å². The number of aromatic nitrogens is 3. The summed E-state index contributed by atoms with van der Waals surface area (Å²) in [5.74, 6) is 1.84. The van der Waals surface area contributed by atoms with Gasteiger partial charge in [-0.05, 0) is 106 Å². The highest BCUT2D eigenvalue weighted by Gasteiger charge is 2.16. The normalized spacial score (nSPS) is 11.8. The van der Waals surface area contributed by atoms with Crippen LogP contribution < -0.4 is 0 Å². The molecule has 34 heavy (non-hydrogen) atoms. The highest BCUT2D eigenvalue weighted by molar-refractivity contribution is 14.1. The molecule has 4 aromatic carbocycles. The summed E-state index contributed by atoms with van der Waals surface area (Å²) in [5.41, 5.74) is 4.67. The number of para-hydroxylation sites is 2. The van der Waals surface area contributed by atoms with E-state index in [1.807, 2.05) is 0 Å². The molecular weight excluding hydrogens is 644 g/mol. The molecule has 0 atom stereocenters. The molecule has 0 unspecified atom stereocenters. The van der Waals surface area contributed by atoms with Crippen LogP contribution in [0.25, 0.3) is 55.2 Å². The standard InChI is InChI=1S/C29H17I2N3/c30-18-12-14-26-22(16-18)20-6-1-3-8-24(20)33(26)28-10-5-11-29(32-28)34-25-9-4-2-7-21(25)23-17-19(31)13-15-27(23)34/h1-17H. The second-order valence-corrected chi connectivity index (χ2v) is 10.9. The Morgan fingerprint density at radius 1 is 0.441 bits per heavy atom. The third kappa shape index (κ3) is 3.03. The molecule has 5 heteroatoms. The number of benzene rings is 4. The summed E-state index contributed by atoms with van der Waals surface area (Å²) in [4.78, 5) is 5.23. The van der Waals surface area contributed by atoms with Gasteiger partial charge in [-0.15, -0.1) is 0 Å². The molecule has 3 aromatic heterocycles. The lowest BCUT2D eigenvalue weighted by Gasteiger charge is -2.11. The molecule has 0 aliphatic rings. The van der Waals surface area contributed by atoms with E-state index in [4.69, 9.17) is 4.98 Å². The topological polar surface area (TPSA) is 22.8 Å². The first-order valence-electron chi connectivity index (χ1n) is 11.0. The molecule has 3 heterocycles. The van der Waals surface area contributed by atoms with Crippen molar-refractivity contribution in [3.63, 3.8) is 0 Å². The minimum atomic E-state index is 0.918. The maximum absolute atomic E-state index is 5.23. The van der Waals surface area contributed by atoms with E-state index < -0.39 is 0 Å². The van der Waals surface area contributed by atoms with Crippen LogP contribution in [0.4, 0.5) is 0 Å². The predicted octanol–water partition coefficient (Wildman–Crippen LogP) is 8.49. The van der Waals surface area contributed by atoms with Gasteiger partial charge >= 0.3 is 0 Å². The van der Waals surface area contributed by atoms with Crippen molar-refractivity contribution in [1.82, 2.24) is 14.1 Å². The van der Waals surface area contributed by atoms with Gasteiger partial charge in [0.25, 0.3) is 0 Å². The molecule has 0 aliphatic carbocycles. The molecule has 0 fully saturated rings. The van der Waals surface area contributed by atoms with Crippen molar-refractivity contribution in [2.75, 3.05) is 0 Å². The number of nitrogens with zero attached hydrogens (tertiary/aromatic N) is 3. The quantitative estimate of drug-likeness (QED) is 0.171. The number of hydrogen-bond acceptors (Lipinski definition) is 1. The van der Waals surface area contributed by atoms with E-state index in [2.05, 4.69) is 157 Å². The van der Waals surface area contributed by atoms with Gasteiger partial charge in [0, 0.05) is 28.7 Å². The number of halogens is 2. The van der Waals surface area contributed by atoms with Gasteiger partial charge in [-0.3, -0.25) is 9.13 Å². The third-order valence-corrected chi connectivity index (χ3v) is 7.79. The lowest BCUT2D eigenvalue weighted by atomic mass is 10.2. The molecule has 3 nitrogen and oxygen atoms in total. The maximum Gasteiger partial charge on any atom is 0.140 e. The van der Waals surface area contributed by atoms with Crippen LogP contribution in [0.1, 0.15) is 0 Å². The molecule has 0 spiro atoms. The van der Waals surface area contributed by atoms with Gasteiger partial charge in [-0.1, -0.05) is 42.5 Å². The van der Waals surface area contributed by atoms with E-state index in [1.165, 1.54) is 50.8 Å². The Kier molecular flexibility index (Phi) is 4.70. The fourth-order valence-electron chi connectivity index (χ4n) is 5.05. The van der Waals surface area contributed by atoms with Gasteiger partial charge in [-0.25, -0.2) is 4.98 Å². The smallest absolute Gasteiger partial charge is 0.140 e. The predicted molar refractivity (Wildman–Crippen MR) is 158 cm³/mol. The van der Waals surface area contributed by atoms with Crippen molar-refractivity contribution < 1.29 is 0 Å². The third-order valence-electron chi connectivity index (χ3n) is 6.45. The van der Waals surface area contributed by atoms with Crippen molar-refractivity contribution in [1.29, 1.82) is 0 Å². The maximum atomic E-state index is 5.23. The highest BCUT2D eigenvalue weighted by atomic mass is 127. The first kappa shape index (κ1) is 20.5. The summed E-state index contributed by atoms with van der Waals surface area (Å²) in [6, 6.07) is 36.7. The number of hydrogen-bond donors (Lipinski definition) is 0. The molecule has 0 amide bonds. The molecule has 0 N–H and O–H groups in total. The minimum absolute atomic E-state index is 0.918. The Hall–Kier alpha value is -2.91. The van der Waals surface area contributed by atoms with E-state index in [0.717, 1.165) is 11.6 Å². The molecule has 7 rings (SSSR count). The van der Waals surface area contributed by atoms with Crippen LogP contribution in [-0.4, -0.2) is 14.1 Å². The zero-order valence-electron chi connectivity index (χ0n) is 17.9. The van der Waals surface area contributed by atoms with Crippen molar-refractivity contribution in [2.24, 2.45) is 0 Å². The van der Waals surface area contributed by atoms with Crippen molar-refractivity contribution in [3.8, 4) is 11.6 Å². The fraction of sp³-hybridized carbons (Fsp3) is 0. The highest BCUT2D eigenvalue weighted by Crippen LogP contribution is 2.35. The second-order valence-electron chi connectivity index (χ2n) is 8.38. The van der Waals surface area contributed by atoms with Gasteiger partial charge in [0.05, 0.1) is 22.1 Å². The lowest BCUT2D eigenvalue weighted by molar-refractivity contribution is 1.01. The molecule has 162 valence electrons. The van der Waals surface area contributed by atoms with Crippen molar-refractivity contribution in [2.45, 2.75) is 0 Å². The summed E-state index contributed by atoms with van der Waals surface area (Å²) in [6.07, 6.45) is 0. The van der Waals surface area contributed by atoms with Crippen LogP contribution in [0.3, 0.4) is 0 Å². The Labute approximate surface area is 223 Å². The van der Waals surface area contributed by atoms with Crippen LogP contribution in [0.2, 0.25) is 0 Å². The molecule has 0 saturated heterocycles. The van der Waals surface area contributed by atoms with Crippen molar-refractivity contribution in [3.05, 3.63) is 110 Å². The minimum Gasteiger partial charge on any atom is -0.294 e. The van der Waals surface area contributed by atoms with Gasteiger partial charge in [0.1, 0.15) is 11.6 Å². The summed E-state index contributed by atoms with van der Waals surface area (Å²) in [5, 5.41) is 4.99. The molecule has 0 bridgehead atoms. The van der Waals surface area contributed by atoms with E-state index in [1.54, 1.807) is 0 Å². The number of fused-ring (bicyclic) bond motifs is 6. The number of rotatable bonds is 2. The molecule has 0 saturated carbocycles. The van der Waals surface area contributed by atoms with Crippen LogP contribution in [0.15, 0.2) is 103 Å². The molecular formula is C29H17I2N3. The Morgan fingerprint density at radius 2 is 0.882 bits per heavy atom.